The molecule has 0 bridgehead atoms. The lowest BCUT2D eigenvalue weighted by molar-refractivity contribution is -0.118. The molecule has 1 aromatic heterocycles. The number of rotatable bonds is 6. The minimum Gasteiger partial charge on any atom is -0.483 e. The Morgan fingerprint density at radius 1 is 1.08 bits per heavy atom. The summed E-state index contributed by atoms with van der Waals surface area (Å²) < 4.78 is 6.42. The SMILES string of the molecule is O=C(COc1ccccc1C(=O)Nc1ncn[nH]1)Nc1ccc(Br)cc1. The first-order valence-electron chi connectivity index (χ1n) is 7.56. The molecule has 8 nitrogen and oxygen atoms in total. The second kappa shape index (κ2) is 8.26. The van der Waals surface area contributed by atoms with E-state index in [0.29, 0.717) is 5.69 Å². The molecule has 0 aliphatic heterocycles. The van der Waals surface area contributed by atoms with Gasteiger partial charge in [-0.3, -0.25) is 14.9 Å². The average molecular weight is 416 g/mol. The predicted octanol–water partition coefficient (Wildman–Crippen LogP) is 2.84. The zero-order chi connectivity index (χ0) is 18.4. The first-order valence-corrected chi connectivity index (χ1v) is 8.35. The molecule has 0 aliphatic carbocycles. The Balaban J connectivity index is 1.61. The number of halogens is 1. The second-order valence-electron chi connectivity index (χ2n) is 5.13. The molecule has 0 saturated heterocycles. The summed E-state index contributed by atoms with van der Waals surface area (Å²) in [5, 5.41) is 11.5. The molecule has 0 spiro atoms. The lowest BCUT2D eigenvalue weighted by atomic mass is 10.2. The van der Waals surface area contributed by atoms with Gasteiger partial charge in [-0.25, -0.2) is 5.10 Å². The van der Waals surface area contributed by atoms with Crippen molar-refractivity contribution in [1.82, 2.24) is 15.2 Å². The van der Waals surface area contributed by atoms with Crippen LogP contribution in [0.4, 0.5) is 11.6 Å². The van der Waals surface area contributed by atoms with Gasteiger partial charge in [0.2, 0.25) is 5.95 Å². The molecule has 2 aromatic carbocycles. The fraction of sp³-hybridized carbons (Fsp3) is 0.0588. The number of carbonyl (C=O) groups excluding carboxylic acids is 2. The van der Waals surface area contributed by atoms with Crippen LogP contribution in [0.15, 0.2) is 59.3 Å². The third-order valence-corrected chi connectivity index (χ3v) is 3.79. The fourth-order valence-electron chi connectivity index (χ4n) is 2.09. The van der Waals surface area contributed by atoms with E-state index in [9.17, 15) is 9.59 Å². The number of carbonyl (C=O) groups is 2. The normalized spacial score (nSPS) is 10.2. The molecule has 0 aliphatic rings. The van der Waals surface area contributed by atoms with Crippen LogP contribution in [0.5, 0.6) is 5.75 Å². The minimum atomic E-state index is -0.425. The molecule has 0 unspecified atom stereocenters. The van der Waals surface area contributed by atoms with Gasteiger partial charge in [-0.05, 0) is 36.4 Å². The third kappa shape index (κ3) is 4.67. The van der Waals surface area contributed by atoms with Gasteiger partial charge in [0, 0.05) is 10.2 Å². The number of anilines is 2. The number of benzene rings is 2. The average Bonchev–Trinajstić information content (AvgIpc) is 3.15. The van der Waals surface area contributed by atoms with Crippen molar-refractivity contribution in [2.24, 2.45) is 0 Å². The van der Waals surface area contributed by atoms with Crippen LogP contribution in [0.3, 0.4) is 0 Å². The van der Waals surface area contributed by atoms with Crippen molar-refractivity contribution in [2.45, 2.75) is 0 Å². The molecular weight excluding hydrogens is 402 g/mol. The predicted molar refractivity (Wildman–Crippen MR) is 99.0 cm³/mol. The summed E-state index contributed by atoms with van der Waals surface area (Å²) in [5.74, 6) is -0.253. The molecular formula is C17H14BrN5O3. The molecule has 9 heteroatoms. The largest absolute Gasteiger partial charge is 0.483 e. The number of amides is 2. The molecule has 3 N–H and O–H groups in total. The van der Waals surface area contributed by atoms with Gasteiger partial charge in [0.05, 0.1) is 5.56 Å². The molecule has 0 fully saturated rings. The number of hydrogen-bond acceptors (Lipinski definition) is 5. The number of nitrogens with zero attached hydrogens (tertiary/aromatic N) is 2. The first-order chi connectivity index (χ1) is 12.6. The van der Waals surface area contributed by atoms with Gasteiger partial charge in [-0.15, -0.1) is 0 Å². The molecule has 0 radical (unpaired) electrons. The van der Waals surface area contributed by atoms with Crippen LogP contribution in [0.25, 0.3) is 0 Å². The van der Waals surface area contributed by atoms with E-state index >= 15 is 0 Å². The Morgan fingerprint density at radius 2 is 1.85 bits per heavy atom. The smallest absolute Gasteiger partial charge is 0.262 e. The van der Waals surface area contributed by atoms with Crippen molar-refractivity contribution < 1.29 is 14.3 Å². The maximum absolute atomic E-state index is 12.3. The number of aromatic amines is 1. The minimum absolute atomic E-state index is 0.220. The molecule has 132 valence electrons. The lowest BCUT2D eigenvalue weighted by Gasteiger charge is -2.11. The van der Waals surface area contributed by atoms with Crippen molar-refractivity contribution in [3.63, 3.8) is 0 Å². The quantitative estimate of drug-likeness (QED) is 0.573. The highest BCUT2D eigenvalue weighted by Gasteiger charge is 2.14. The highest BCUT2D eigenvalue weighted by Crippen LogP contribution is 2.19. The highest BCUT2D eigenvalue weighted by atomic mass is 79.9. The zero-order valence-electron chi connectivity index (χ0n) is 13.4. The summed E-state index contributed by atoms with van der Waals surface area (Å²) in [6.07, 6.45) is 1.28. The van der Waals surface area contributed by atoms with E-state index in [4.69, 9.17) is 4.74 Å². The molecule has 0 saturated carbocycles. The fourth-order valence-corrected chi connectivity index (χ4v) is 2.36. The number of aromatic nitrogens is 3. The Hall–Kier alpha value is -3.20. The summed E-state index contributed by atoms with van der Waals surface area (Å²) in [6.45, 7) is -0.233. The van der Waals surface area contributed by atoms with Crippen LogP contribution in [-0.4, -0.2) is 33.6 Å². The molecule has 3 rings (SSSR count). The Morgan fingerprint density at radius 3 is 2.58 bits per heavy atom. The summed E-state index contributed by atoms with van der Waals surface area (Å²) in [5.41, 5.74) is 0.929. The van der Waals surface area contributed by atoms with Gasteiger partial charge in [-0.2, -0.15) is 10.1 Å². The summed E-state index contributed by atoms with van der Waals surface area (Å²) in [7, 11) is 0. The number of hydrogen-bond donors (Lipinski definition) is 3. The van der Waals surface area contributed by atoms with Gasteiger partial charge in [0.25, 0.3) is 11.8 Å². The van der Waals surface area contributed by atoms with E-state index in [0.717, 1.165) is 4.47 Å². The van der Waals surface area contributed by atoms with Crippen LogP contribution >= 0.6 is 15.9 Å². The lowest BCUT2D eigenvalue weighted by Crippen LogP contribution is -2.21. The maximum Gasteiger partial charge on any atom is 0.262 e. The number of ether oxygens (including phenoxy) is 1. The zero-order valence-corrected chi connectivity index (χ0v) is 15.0. The highest BCUT2D eigenvalue weighted by molar-refractivity contribution is 9.10. The van der Waals surface area contributed by atoms with Crippen LogP contribution in [0, 0.1) is 0 Å². The maximum atomic E-state index is 12.3. The van der Waals surface area contributed by atoms with Crippen LogP contribution < -0.4 is 15.4 Å². The van der Waals surface area contributed by atoms with Gasteiger partial charge >= 0.3 is 0 Å². The van der Waals surface area contributed by atoms with E-state index in [-0.39, 0.29) is 29.8 Å². The van der Waals surface area contributed by atoms with Crippen molar-refractivity contribution in [3.8, 4) is 5.75 Å². The number of nitrogens with one attached hydrogen (secondary N) is 3. The first kappa shape index (κ1) is 17.6. The van der Waals surface area contributed by atoms with Crippen molar-refractivity contribution in [2.75, 3.05) is 17.2 Å². The van der Waals surface area contributed by atoms with E-state index in [2.05, 4.69) is 41.7 Å². The standard InChI is InChI=1S/C17H14BrN5O3/c18-11-5-7-12(8-6-11)21-15(24)9-26-14-4-2-1-3-13(14)16(25)22-17-19-10-20-23-17/h1-8,10H,9H2,(H,21,24)(H2,19,20,22,23,25). The Labute approximate surface area is 157 Å². The molecule has 3 aromatic rings. The van der Waals surface area contributed by atoms with Crippen LogP contribution in [-0.2, 0) is 4.79 Å². The summed E-state index contributed by atoms with van der Waals surface area (Å²) in [6, 6.07) is 13.8. The van der Waals surface area contributed by atoms with Crippen molar-refractivity contribution in [3.05, 3.63) is 64.9 Å². The molecule has 0 atom stereocenters. The monoisotopic (exact) mass is 415 g/mol. The summed E-state index contributed by atoms with van der Waals surface area (Å²) >= 11 is 3.33. The third-order valence-electron chi connectivity index (χ3n) is 3.27. The van der Waals surface area contributed by atoms with Crippen molar-refractivity contribution in [1.29, 1.82) is 0 Å². The van der Waals surface area contributed by atoms with E-state index in [1.165, 1.54) is 6.33 Å². The van der Waals surface area contributed by atoms with E-state index in [1.807, 2.05) is 12.1 Å². The van der Waals surface area contributed by atoms with Crippen LogP contribution in [0.2, 0.25) is 0 Å². The van der Waals surface area contributed by atoms with Gasteiger partial charge < -0.3 is 10.1 Å². The Kier molecular flexibility index (Phi) is 5.59. The van der Waals surface area contributed by atoms with E-state index < -0.39 is 5.91 Å². The van der Waals surface area contributed by atoms with E-state index in [1.54, 1.807) is 36.4 Å². The van der Waals surface area contributed by atoms with Gasteiger partial charge in [0.15, 0.2) is 6.61 Å². The molecule has 1 heterocycles. The van der Waals surface area contributed by atoms with Gasteiger partial charge in [0.1, 0.15) is 12.1 Å². The van der Waals surface area contributed by atoms with Crippen molar-refractivity contribution >= 4 is 39.4 Å². The molecule has 26 heavy (non-hydrogen) atoms. The molecule has 2 amide bonds. The van der Waals surface area contributed by atoms with Crippen LogP contribution in [0.1, 0.15) is 10.4 Å². The number of H-pyrrole nitrogens is 1. The topological polar surface area (TPSA) is 109 Å². The Bertz CT molecular complexity index is 897. The second-order valence-corrected chi connectivity index (χ2v) is 6.04. The number of para-hydroxylation sites is 1. The summed E-state index contributed by atoms with van der Waals surface area (Å²) in [4.78, 5) is 28.2. The van der Waals surface area contributed by atoms with Gasteiger partial charge in [-0.1, -0.05) is 28.1 Å².